The Bertz CT molecular complexity index is 330. The summed E-state index contributed by atoms with van der Waals surface area (Å²) < 4.78 is 0. The van der Waals surface area contributed by atoms with Crippen LogP contribution in [-0.2, 0) is 4.79 Å². The summed E-state index contributed by atoms with van der Waals surface area (Å²) in [5.41, 5.74) is 0.985. The summed E-state index contributed by atoms with van der Waals surface area (Å²) in [6.07, 6.45) is 12.7. The second-order valence-electron chi connectivity index (χ2n) is 7.69. The van der Waals surface area contributed by atoms with Gasteiger partial charge in [0.2, 0.25) is 0 Å². The van der Waals surface area contributed by atoms with Crippen molar-refractivity contribution in [3.8, 4) is 0 Å². The second kappa shape index (κ2) is 16.3. The molecule has 0 rings (SSSR count). The Hall–Kier alpha value is 0.846. The maximum absolute atomic E-state index is 10.5. The van der Waals surface area contributed by atoms with E-state index in [0.29, 0.717) is 0 Å². The van der Waals surface area contributed by atoms with E-state index in [4.69, 9.17) is 5.11 Å². The molecule has 132 valence electrons. The third kappa shape index (κ3) is 19.0. The van der Waals surface area contributed by atoms with Gasteiger partial charge < -0.3 is 6.53 Å². The number of aliphatic carboxylic acids is 1. The van der Waals surface area contributed by atoms with Crippen LogP contribution < -0.4 is 51.4 Å². The number of carboxylic acid groups (broad SMARTS) is 1. The Balaban J connectivity index is -0.00000220. The fraction of sp³-hybridized carbons (Fsp3) is 0.850. The molecule has 0 heterocycles. The van der Waals surface area contributed by atoms with Crippen LogP contribution >= 0.6 is 0 Å². The molecule has 0 aliphatic heterocycles. The average molecular weight is 351 g/mol. The molecule has 0 saturated heterocycles. The van der Waals surface area contributed by atoms with Crippen molar-refractivity contribution in [3.05, 3.63) is 11.6 Å². The molecule has 2 nitrogen and oxygen atoms in total. The summed E-state index contributed by atoms with van der Waals surface area (Å²) in [6, 6.07) is 0. The van der Waals surface area contributed by atoms with Crippen molar-refractivity contribution in [1.82, 2.24) is 0 Å². The minimum atomic E-state index is -0.822. The van der Waals surface area contributed by atoms with Gasteiger partial charge in [0, 0.05) is 6.08 Å². The summed E-state index contributed by atoms with van der Waals surface area (Å²) in [5, 5.41) is 8.68. The van der Waals surface area contributed by atoms with Crippen LogP contribution in [0.2, 0.25) is 0 Å². The van der Waals surface area contributed by atoms with E-state index >= 15 is 0 Å². The predicted octanol–water partition coefficient (Wildman–Crippen LogP) is 3.57. The smallest absolute Gasteiger partial charge is 1.00 e. The van der Waals surface area contributed by atoms with Crippen molar-refractivity contribution in [2.75, 3.05) is 0 Å². The molecule has 23 heavy (non-hydrogen) atoms. The first-order valence-corrected chi connectivity index (χ1v) is 9.21. The van der Waals surface area contributed by atoms with Crippen molar-refractivity contribution >= 4 is 5.97 Å². The van der Waals surface area contributed by atoms with Crippen LogP contribution in [-0.4, -0.2) is 11.1 Å². The number of carboxylic acids is 1. The molecule has 0 fully saturated rings. The predicted molar refractivity (Wildman–Crippen MR) is 97.2 cm³/mol. The van der Waals surface area contributed by atoms with Gasteiger partial charge in [-0.1, -0.05) is 78.2 Å². The van der Waals surface area contributed by atoms with Crippen LogP contribution in [0.15, 0.2) is 11.6 Å². The molecular weight excluding hydrogens is 311 g/mol. The summed E-state index contributed by atoms with van der Waals surface area (Å²) in [7, 11) is 0. The third-order valence-electron chi connectivity index (χ3n) is 4.51. The first-order valence-electron chi connectivity index (χ1n) is 9.21. The minimum Gasteiger partial charge on any atom is -1.00 e. The fourth-order valence-corrected chi connectivity index (χ4v) is 2.99. The zero-order valence-corrected chi connectivity index (χ0v) is 19.7. The maximum Gasteiger partial charge on any atom is 1.00 e. The molecule has 0 aromatic heterocycles. The summed E-state index contributed by atoms with van der Waals surface area (Å²) >= 11 is 0. The monoisotopic (exact) mass is 350 g/mol. The standard InChI is InChI=1S/C20H38O2.K.H/c1-16(2)9-6-10-17(3)11-7-12-18(4)13-8-14-19(5)15-20(21)22;;/h15-18H,6-14H2,1-5H3,(H,21,22);;/q;+1;-1/b19-15+;;/t17-,18-;;/m1../s1. The maximum atomic E-state index is 10.5. The molecule has 1 N–H and O–H groups in total. The van der Waals surface area contributed by atoms with Crippen molar-refractivity contribution in [2.45, 2.75) is 92.4 Å². The van der Waals surface area contributed by atoms with E-state index in [2.05, 4.69) is 27.7 Å². The Labute approximate surface area is 188 Å². The first kappa shape index (κ1) is 26.1. The van der Waals surface area contributed by atoms with E-state index in [1.807, 2.05) is 6.92 Å². The average Bonchev–Trinajstić information content (AvgIpc) is 2.37. The number of hydrogen-bond donors (Lipinski definition) is 1. The second-order valence-corrected chi connectivity index (χ2v) is 7.69. The molecular formula is C20H39KO2. The molecule has 0 saturated carbocycles. The number of allylic oxidation sites excluding steroid dienone is 1. The number of carbonyl (C=O) groups is 1. The fourth-order valence-electron chi connectivity index (χ4n) is 2.99. The molecule has 0 bridgehead atoms. The molecule has 0 aliphatic carbocycles. The Morgan fingerprint density at radius 3 is 1.78 bits per heavy atom. The van der Waals surface area contributed by atoms with Gasteiger partial charge in [-0.3, -0.25) is 0 Å². The molecule has 0 amide bonds. The minimum absolute atomic E-state index is 0. The van der Waals surface area contributed by atoms with Gasteiger partial charge in [0.1, 0.15) is 0 Å². The Kier molecular flexibility index (Phi) is 18.5. The van der Waals surface area contributed by atoms with Gasteiger partial charge in [0.15, 0.2) is 0 Å². The van der Waals surface area contributed by atoms with Crippen LogP contribution in [0.25, 0.3) is 0 Å². The van der Waals surface area contributed by atoms with Crippen LogP contribution in [0, 0.1) is 17.8 Å². The molecule has 0 radical (unpaired) electrons. The van der Waals surface area contributed by atoms with Crippen molar-refractivity contribution in [3.63, 3.8) is 0 Å². The third-order valence-corrected chi connectivity index (χ3v) is 4.51. The number of hydrogen-bond acceptors (Lipinski definition) is 1. The van der Waals surface area contributed by atoms with Gasteiger partial charge in [-0.05, 0) is 37.5 Å². The van der Waals surface area contributed by atoms with E-state index in [-0.39, 0.29) is 52.8 Å². The Morgan fingerprint density at radius 1 is 0.913 bits per heavy atom. The largest absolute Gasteiger partial charge is 1.00 e. The topological polar surface area (TPSA) is 37.3 Å². The molecule has 3 heteroatoms. The first-order chi connectivity index (χ1) is 10.3. The van der Waals surface area contributed by atoms with Crippen LogP contribution in [0.1, 0.15) is 93.8 Å². The number of rotatable bonds is 13. The van der Waals surface area contributed by atoms with Crippen LogP contribution in [0.4, 0.5) is 0 Å². The van der Waals surface area contributed by atoms with E-state index < -0.39 is 5.97 Å². The van der Waals surface area contributed by atoms with Gasteiger partial charge in [-0.2, -0.15) is 0 Å². The molecule has 0 aromatic carbocycles. The van der Waals surface area contributed by atoms with Gasteiger partial charge in [-0.15, -0.1) is 0 Å². The summed E-state index contributed by atoms with van der Waals surface area (Å²) in [6.45, 7) is 11.3. The van der Waals surface area contributed by atoms with Gasteiger partial charge >= 0.3 is 57.4 Å². The zero-order valence-electron chi connectivity index (χ0n) is 17.5. The van der Waals surface area contributed by atoms with Crippen LogP contribution in [0.5, 0.6) is 0 Å². The molecule has 2 atom stereocenters. The van der Waals surface area contributed by atoms with Crippen molar-refractivity contribution in [2.24, 2.45) is 17.8 Å². The zero-order chi connectivity index (χ0) is 17.0. The van der Waals surface area contributed by atoms with E-state index in [1.165, 1.54) is 51.0 Å². The van der Waals surface area contributed by atoms with Crippen LogP contribution in [0.3, 0.4) is 0 Å². The molecule has 0 aromatic rings. The molecule has 0 unspecified atom stereocenters. The van der Waals surface area contributed by atoms with Crippen molar-refractivity contribution in [1.29, 1.82) is 0 Å². The summed E-state index contributed by atoms with van der Waals surface area (Å²) in [4.78, 5) is 10.5. The van der Waals surface area contributed by atoms with E-state index in [0.717, 1.165) is 36.2 Å². The van der Waals surface area contributed by atoms with E-state index in [1.54, 1.807) is 0 Å². The van der Waals surface area contributed by atoms with E-state index in [9.17, 15) is 4.79 Å². The molecule has 0 spiro atoms. The quantitative estimate of drug-likeness (QED) is 0.407. The summed E-state index contributed by atoms with van der Waals surface area (Å²) in [5.74, 6) is 1.65. The van der Waals surface area contributed by atoms with Gasteiger partial charge in [0.05, 0.1) is 0 Å². The normalized spacial score (nSPS) is 14.4. The van der Waals surface area contributed by atoms with Gasteiger partial charge in [-0.25, -0.2) is 4.79 Å². The Morgan fingerprint density at radius 2 is 1.35 bits per heavy atom. The van der Waals surface area contributed by atoms with Gasteiger partial charge in [0.25, 0.3) is 0 Å². The molecule has 0 aliphatic rings. The SMILES string of the molecule is C/C(=C\C(=O)O)CCC[C@H](C)CCC[C@H](C)CCCC(C)C.[H-].[K+]. The van der Waals surface area contributed by atoms with Crippen molar-refractivity contribution < 1.29 is 62.7 Å².